The number of nitrogens with zero attached hydrogens (tertiary/aromatic N) is 5. The van der Waals surface area contributed by atoms with Crippen LogP contribution >= 0.6 is 11.6 Å². The van der Waals surface area contributed by atoms with Gasteiger partial charge < -0.3 is 0 Å². The number of pyridine rings is 1. The van der Waals surface area contributed by atoms with Crippen LogP contribution in [0.2, 0.25) is 5.02 Å². The molecular weight excluding hydrogens is 250 g/mol. The average Bonchev–Trinajstić information content (AvgIpc) is 2.93. The summed E-state index contributed by atoms with van der Waals surface area (Å²) < 4.78 is 1.60. The fourth-order valence-corrected chi connectivity index (χ4v) is 1.91. The van der Waals surface area contributed by atoms with Crippen molar-refractivity contribution in [2.75, 3.05) is 0 Å². The molecule has 0 saturated carbocycles. The van der Waals surface area contributed by atoms with Crippen molar-refractivity contribution in [1.82, 2.24) is 25.2 Å². The third-order valence-electron chi connectivity index (χ3n) is 2.55. The third kappa shape index (κ3) is 1.96. The highest BCUT2D eigenvalue weighted by atomic mass is 35.5. The van der Waals surface area contributed by atoms with Crippen LogP contribution in [0.5, 0.6) is 0 Å². The number of hydrogen-bond acceptors (Lipinski definition) is 4. The van der Waals surface area contributed by atoms with Crippen molar-refractivity contribution in [2.24, 2.45) is 0 Å². The molecular formula is C12H8ClN5. The Labute approximate surface area is 108 Å². The molecule has 1 aromatic carbocycles. The van der Waals surface area contributed by atoms with E-state index in [9.17, 15) is 0 Å². The fourth-order valence-electron chi connectivity index (χ4n) is 1.74. The van der Waals surface area contributed by atoms with Gasteiger partial charge in [0.15, 0.2) is 0 Å². The first-order chi connectivity index (χ1) is 8.84. The number of benzene rings is 1. The molecule has 5 nitrogen and oxygen atoms in total. The zero-order valence-electron chi connectivity index (χ0n) is 9.23. The molecule has 2 heterocycles. The maximum Gasteiger partial charge on any atom is 0.143 e. The zero-order valence-corrected chi connectivity index (χ0v) is 9.99. The third-order valence-corrected chi connectivity index (χ3v) is 2.78. The van der Waals surface area contributed by atoms with E-state index < -0.39 is 0 Å². The Morgan fingerprint density at radius 1 is 1.06 bits per heavy atom. The van der Waals surface area contributed by atoms with E-state index in [0.717, 1.165) is 16.8 Å². The monoisotopic (exact) mass is 257 g/mol. The topological polar surface area (TPSA) is 56.5 Å². The Bertz CT molecular complexity index is 651. The summed E-state index contributed by atoms with van der Waals surface area (Å²) in [7, 11) is 0. The lowest BCUT2D eigenvalue weighted by atomic mass is 10.1. The minimum Gasteiger partial charge on any atom is -0.265 e. The van der Waals surface area contributed by atoms with Gasteiger partial charge >= 0.3 is 0 Å². The molecule has 0 amide bonds. The van der Waals surface area contributed by atoms with Gasteiger partial charge in [-0.1, -0.05) is 11.6 Å². The van der Waals surface area contributed by atoms with Crippen LogP contribution in [0.15, 0.2) is 49.1 Å². The largest absolute Gasteiger partial charge is 0.265 e. The van der Waals surface area contributed by atoms with Crippen molar-refractivity contribution in [1.29, 1.82) is 0 Å². The van der Waals surface area contributed by atoms with E-state index in [1.165, 1.54) is 0 Å². The minimum atomic E-state index is 0.665. The van der Waals surface area contributed by atoms with Crippen molar-refractivity contribution in [3.8, 4) is 16.8 Å². The lowest BCUT2D eigenvalue weighted by Gasteiger charge is -2.08. The van der Waals surface area contributed by atoms with Crippen LogP contribution in [0.25, 0.3) is 16.8 Å². The molecule has 0 aliphatic rings. The molecule has 0 bridgehead atoms. The molecule has 0 fully saturated rings. The molecule has 0 radical (unpaired) electrons. The van der Waals surface area contributed by atoms with E-state index in [4.69, 9.17) is 11.6 Å². The van der Waals surface area contributed by atoms with Crippen LogP contribution in [0.3, 0.4) is 0 Å². The molecule has 0 unspecified atom stereocenters. The molecule has 0 atom stereocenters. The Balaban J connectivity index is 2.22. The Kier molecular flexibility index (Phi) is 2.74. The van der Waals surface area contributed by atoms with Crippen LogP contribution in [0.4, 0.5) is 0 Å². The number of aromatic nitrogens is 5. The van der Waals surface area contributed by atoms with Gasteiger partial charge in [-0.15, -0.1) is 5.10 Å². The van der Waals surface area contributed by atoms with E-state index in [0.29, 0.717) is 5.02 Å². The second-order valence-corrected chi connectivity index (χ2v) is 4.09. The van der Waals surface area contributed by atoms with Gasteiger partial charge in [0.2, 0.25) is 0 Å². The molecule has 0 aliphatic heterocycles. The highest BCUT2D eigenvalue weighted by molar-refractivity contribution is 6.31. The summed E-state index contributed by atoms with van der Waals surface area (Å²) in [5.41, 5.74) is 2.84. The van der Waals surface area contributed by atoms with Crippen LogP contribution < -0.4 is 0 Å². The second kappa shape index (κ2) is 4.54. The summed E-state index contributed by atoms with van der Waals surface area (Å²) in [6.45, 7) is 0. The molecule has 0 N–H and O–H groups in total. The summed E-state index contributed by atoms with van der Waals surface area (Å²) in [4.78, 5) is 4.01. The zero-order chi connectivity index (χ0) is 12.4. The van der Waals surface area contributed by atoms with Crippen molar-refractivity contribution in [2.45, 2.75) is 0 Å². The van der Waals surface area contributed by atoms with Gasteiger partial charge in [-0.05, 0) is 46.3 Å². The Hall–Kier alpha value is -2.27. The standard InChI is InChI=1S/C12H8ClN5/c13-10-1-2-12(18-8-15-16-17-18)11(7-10)9-3-5-14-6-4-9/h1-8H. The number of hydrogen-bond donors (Lipinski definition) is 0. The van der Waals surface area contributed by atoms with Crippen molar-refractivity contribution < 1.29 is 0 Å². The van der Waals surface area contributed by atoms with Crippen LogP contribution in [0, 0.1) is 0 Å². The molecule has 3 aromatic rings. The van der Waals surface area contributed by atoms with E-state index in [1.807, 2.05) is 30.3 Å². The van der Waals surface area contributed by atoms with Crippen LogP contribution in [-0.2, 0) is 0 Å². The molecule has 2 aromatic heterocycles. The van der Waals surface area contributed by atoms with Crippen molar-refractivity contribution >= 4 is 11.6 Å². The van der Waals surface area contributed by atoms with Gasteiger partial charge in [0.1, 0.15) is 6.33 Å². The SMILES string of the molecule is Clc1ccc(-n2cnnn2)c(-c2ccncc2)c1. The molecule has 0 spiro atoms. The van der Waals surface area contributed by atoms with E-state index in [2.05, 4.69) is 20.5 Å². The molecule has 18 heavy (non-hydrogen) atoms. The van der Waals surface area contributed by atoms with Gasteiger partial charge in [-0.25, -0.2) is 0 Å². The normalized spacial score (nSPS) is 10.5. The number of tetrazole rings is 1. The molecule has 3 rings (SSSR count). The molecule has 0 saturated heterocycles. The Morgan fingerprint density at radius 3 is 2.61 bits per heavy atom. The lowest BCUT2D eigenvalue weighted by molar-refractivity contribution is 0.790. The quantitative estimate of drug-likeness (QED) is 0.707. The van der Waals surface area contributed by atoms with Crippen molar-refractivity contribution in [3.05, 3.63) is 54.1 Å². The first-order valence-electron chi connectivity index (χ1n) is 5.28. The predicted molar refractivity (Wildman–Crippen MR) is 67.4 cm³/mol. The van der Waals surface area contributed by atoms with Gasteiger partial charge in [0, 0.05) is 23.0 Å². The fraction of sp³-hybridized carbons (Fsp3) is 0. The highest BCUT2D eigenvalue weighted by Gasteiger charge is 2.08. The number of halogens is 1. The smallest absolute Gasteiger partial charge is 0.143 e. The predicted octanol–water partition coefficient (Wildman–Crippen LogP) is 2.38. The van der Waals surface area contributed by atoms with Crippen LogP contribution in [0.1, 0.15) is 0 Å². The number of rotatable bonds is 2. The Morgan fingerprint density at radius 2 is 1.89 bits per heavy atom. The van der Waals surface area contributed by atoms with E-state index in [-0.39, 0.29) is 0 Å². The van der Waals surface area contributed by atoms with Crippen LogP contribution in [-0.4, -0.2) is 25.2 Å². The first kappa shape index (κ1) is 10.9. The summed E-state index contributed by atoms with van der Waals surface area (Å²) in [5.74, 6) is 0. The van der Waals surface area contributed by atoms with Gasteiger partial charge in [-0.2, -0.15) is 4.68 Å². The summed E-state index contributed by atoms with van der Waals surface area (Å²) in [6.07, 6.45) is 5.02. The minimum absolute atomic E-state index is 0.665. The van der Waals surface area contributed by atoms with E-state index in [1.54, 1.807) is 23.4 Å². The summed E-state index contributed by atoms with van der Waals surface area (Å²) >= 11 is 6.05. The van der Waals surface area contributed by atoms with Gasteiger partial charge in [-0.3, -0.25) is 4.98 Å². The summed E-state index contributed by atoms with van der Waals surface area (Å²) in [5, 5.41) is 11.9. The molecule has 6 heteroatoms. The highest BCUT2D eigenvalue weighted by Crippen LogP contribution is 2.28. The molecule has 88 valence electrons. The lowest BCUT2D eigenvalue weighted by Crippen LogP contribution is -1.98. The maximum absolute atomic E-state index is 6.05. The van der Waals surface area contributed by atoms with E-state index >= 15 is 0 Å². The van der Waals surface area contributed by atoms with Gasteiger partial charge in [0.25, 0.3) is 0 Å². The maximum atomic E-state index is 6.05. The first-order valence-corrected chi connectivity index (χ1v) is 5.66. The average molecular weight is 258 g/mol. The second-order valence-electron chi connectivity index (χ2n) is 3.65. The van der Waals surface area contributed by atoms with Crippen molar-refractivity contribution in [3.63, 3.8) is 0 Å². The van der Waals surface area contributed by atoms with Gasteiger partial charge in [0.05, 0.1) is 5.69 Å². The summed E-state index contributed by atoms with van der Waals surface area (Å²) in [6, 6.07) is 9.41. The molecule has 0 aliphatic carbocycles.